The van der Waals surface area contributed by atoms with Crippen molar-refractivity contribution in [2.75, 3.05) is 18.1 Å². The SMILES string of the molecule is N#CCCN(C(=O)COC(=O)Cc1ccccc1)c1ccccc1. The molecule has 2 aromatic rings. The Morgan fingerprint density at radius 3 is 2.25 bits per heavy atom. The number of anilines is 1. The molecule has 0 spiro atoms. The van der Waals surface area contributed by atoms with Crippen molar-refractivity contribution in [1.82, 2.24) is 0 Å². The van der Waals surface area contributed by atoms with E-state index in [0.717, 1.165) is 5.56 Å². The monoisotopic (exact) mass is 322 g/mol. The number of ether oxygens (including phenoxy) is 1. The summed E-state index contributed by atoms with van der Waals surface area (Å²) in [6.07, 6.45) is 0.330. The lowest BCUT2D eigenvalue weighted by molar-refractivity contribution is -0.147. The molecule has 0 N–H and O–H groups in total. The number of esters is 1. The molecular formula is C19H18N2O3. The van der Waals surface area contributed by atoms with Crippen LogP contribution >= 0.6 is 0 Å². The maximum absolute atomic E-state index is 12.3. The maximum Gasteiger partial charge on any atom is 0.310 e. The number of para-hydroxylation sites is 1. The Bertz CT molecular complexity index is 708. The van der Waals surface area contributed by atoms with Gasteiger partial charge in [-0.1, -0.05) is 48.5 Å². The van der Waals surface area contributed by atoms with Crippen LogP contribution in [-0.4, -0.2) is 25.0 Å². The summed E-state index contributed by atoms with van der Waals surface area (Å²) < 4.78 is 5.08. The van der Waals surface area contributed by atoms with Gasteiger partial charge >= 0.3 is 5.97 Å². The van der Waals surface area contributed by atoms with Gasteiger partial charge in [-0.05, 0) is 17.7 Å². The molecule has 0 saturated heterocycles. The van der Waals surface area contributed by atoms with Crippen LogP contribution in [-0.2, 0) is 20.7 Å². The van der Waals surface area contributed by atoms with Crippen molar-refractivity contribution >= 4 is 17.6 Å². The highest BCUT2D eigenvalue weighted by molar-refractivity contribution is 5.95. The minimum Gasteiger partial charge on any atom is -0.455 e. The molecule has 5 heteroatoms. The molecule has 0 aromatic heterocycles. The number of nitrogens with zero attached hydrogens (tertiary/aromatic N) is 2. The molecule has 0 radical (unpaired) electrons. The Balaban J connectivity index is 1.93. The summed E-state index contributed by atoms with van der Waals surface area (Å²) >= 11 is 0. The van der Waals surface area contributed by atoms with Crippen LogP contribution < -0.4 is 4.90 Å². The quantitative estimate of drug-likeness (QED) is 0.735. The average molecular weight is 322 g/mol. The second kappa shape index (κ2) is 9.11. The summed E-state index contributed by atoms with van der Waals surface area (Å²) in [6.45, 7) is -0.0818. The number of benzene rings is 2. The van der Waals surface area contributed by atoms with E-state index >= 15 is 0 Å². The summed E-state index contributed by atoms with van der Waals surface area (Å²) in [5.74, 6) is -0.805. The largest absolute Gasteiger partial charge is 0.455 e. The minimum atomic E-state index is -0.456. The third kappa shape index (κ3) is 5.25. The van der Waals surface area contributed by atoms with E-state index in [9.17, 15) is 9.59 Å². The summed E-state index contributed by atoms with van der Waals surface area (Å²) in [4.78, 5) is 25.6. The third-order valence-electron chi connectivity index (χ3n) is 3.36. The molecule has 0 aliphatic carbocycles. The molecule has 2 aromatic carbocycles. The topological polar surface area (TPSA) is 70.4 Å². The Hall–Kier alpha value is -3.13. The molecule has 0 fully saturated rings. The fraction of sp³-hybridized carbons (Fsp3) is 0.211. The van der Waals surface area contributed by atoms with Crippen molar-refractivity contribution < 1.29 is 14.3 Å². The van der Waals surface area contributed by atoms with Crippen LogP contribution in [0.15, 0.2) is 60.7 Å². The molecular weight excluding hydrogens is 304 g/mol. The van der Waals surface area contributed by atoms with Crippen LogP contribution in [0.2, 0.25) is 0 Å². The van der Waals surface area contributed by atoms with Crippen molar-refractivity contribution in [3.05, 3.63) is 66.2 Å². The van der Waals surface area contributed by atoms with Gasteiger partial charge in [0.1, 0.15) is 0 Å². The number of carbonyl (C=O) groups excluding carboxylic acids is 2. The van der Waals surface area contributed by atoms with Gasteiger partial charge in [0.05, 0.1) is 18.9 Å². The smallest absolute Gasteiger partial charge is 0.310 e. The van der Waals surface area contributed by atoms with Crippen LogP contribution in [0.1, 0.15) is 12.0 Å². The first kappa shape index (κ1) is 17.2. The lowest BCUT2D eigenvalue weighted by Gasteiger charge is -2.21. The number of rotatable bonds is 7. The van der Waals surface area contributed by atoms with Crippen molar-refractivity contribution in [2.45, 2.75) is 12.8 Å². The van der Waals surface area contributed by atoms with Gasteiger partial charge in [-0.3, -0.25) is 9.59 Å². The van der Waals surface area contributed by atoms with Crippen LogP contribution in [0, 0.1) is 11.3 Å². The molecule has 0 saturated carbocycles. The first-order valence-electron chi connectivity index (χ1n) is 7.62. The van der Waals surface area contributed by atoms with Crippen LogP contribution in [0.25, 0.3) is 0 Å². The summed E-state index contributed by atoms with van der Waals surface area (Å²) in [6, 6.07) is 20.2. The fourth-order valence-electron chi connectivity index (χ4n) is 2.20. The molecule has 24 heavy (non-hydrogen) atoms. The zero-order chi connectivity index (χ0) is 17.2. The zero-order valence-electron chi connectivity index (χ0n) is 13.2. The second-order valence-corrected chi connectivity index (χ2v) is 5.11. The molecule has 5 nitrogen and oxygen atoms in total. The molecule has 0 bridgehead atoms. The van der Waals surface area contributed by atoms with E-state index < -0.39 is 5.97 Å². The number of amides is 1. The van der Waals surface area contributed by atoms with Gasteiger partial charge in [-0.25, -0.2) is 0 Å². The highest BCUT2D eigenvalue weighted by Crippen LogP contribution is 2.14. The van der Waals surface area contributed by atoms with Gasteiger partial charge in [-0.15, -0.1) is 0 Å². The Morgan fingerprint density at radius 2 is 1.62 bits per heavy atom. The van der Waals surface area contributed by atoms with E-state index in [4.69, 9.17) is 10.00 Å². The van der Waals surface area contributed by atoms with E-state index in [1.54, 1.807) is 12.1 Å². The van der Waals surface area contributed by atoms with Gasteiger partial charge in [0, 0.05) is 12.2 Å². The Kier molecular flexibility index (Phi) is 6.54. The van der Waals surface area contributed by atoms with E-state index in [1.165, 1.54) is 4.90 Å². The van der Waals surface area contributed by atoms with Crippen LogP contribution in [0.5, 0.6) is 0 Å². The fourth-order valence-corrected chi connectivity index (χ4v) is 2.20. The minimum absolute atomic E-state index is 0.123. The predicted octanol–water partition coefficient (Wildman–Crippen LogP) is 2.72. The molecule has 0 atom stereocenters. The first-order valence-corrected chi connectivity index (χ1v) is 7.62. The highest BCUT2D eigenvalue weighted by atomic mass is 16.5. The van der Waals surface area contributed by atoms with E-state index in [2.05, 4.69) is 0 Å². The lowest BCUT2D eigenvalue weighted by atomic mass is 10.2. The van der Waals surface area contributed by atoms with Crippen LogP contribution in [0.3, 0.4) is 0 Å². The summed E-state index contributed by atoms with van der Waals surface area (Å²) in [5, 5.41) is 8.75. The number of hydrogen-bond donors (Lipinski definition) is 0. The van der Waals surface area contributed by atoms with Crippen molar-refractivity contribution in [1.29, 1.82) is 5.26 Å². The molecule has 0 aliphatic rings. The van der Waals surface area contributed by atoms with Gasteiger partial charge in [-0.2, -0.15) is 5.26 Å². The number of carbonyl (C=O) groups is 2. The van der Waals surface area contributed by atoms with Gasteiger partial charge in [0.15, 0.2) is 6.61 Å². The predicted molar refractivity (Wildman–Crippen MR) is 90.1 cm³/mol. The Morgan fingerprint density at radius 1 is 1.00 bits per heavy atom. The van der Waals surface area contributed by atoms with Crippen molar-refractivity contribution in [2.24, 2.45) is 0 Å². The van der Waals surface area contributed by atoms with E-state index in [0.29, 0.717) is 5.69 Å². The second-order valence-electron chi connectivity index (χ2n) is 5.11. The summed E-state index contributed by atoms with van der Waals surface area (Å²) in [5.41, 5.74) is 1.51. The number of nitriles is 1. The molecule has 2 rings (SSSR count). The molecule has 1 amide bonds. The lowest BCUT2D eigenvalue weighted by Crippen LogP contribution is -2.35. The summed E-state index contributed by atoms with van der Waals surface area (Å²) in [7, 11) is 0. The standard InChI is InChI=1S/C19H18N2O3/c20-12-7-13-21(17-10-5-2-6-11-17)18(22)15-24-19(23)14-16-8-3-1-4-9-16/h1-6,8-11H,7,13-15H2. The Labute approximate surface area is 141 Å². The highest BCUT2D eigenvalue weighted by Gasteiger charge is 2.17. The van der Waals surface area contributed by atoms with Crippen LogP contribution in [0.4, 0.5) is 5.69 Å². The normalized spacial score (nSPS) is 9.79. The third-order valence-corrected chi connectivity index (χ3v) is 3.36. The van der Waals surface area contributed by atoms with Gasteiger partial charge in [0.2, 0.25) is 0 Å². The maximum atomic E-state index is 12.3. The average Bonchev–Trinajstić information content (AvgIpc) is 2.62. The van der Waals surface area contributed by atoms with Crippen molar-refractivity contribution in [3.63, 3.8) is 0 Å². The molecule has 0 unspecified atom stereocenters. The molecule has 0 heterocycles. The van der Waals surface area contributed by atoms with E-state index in [-0.39, 0.29) is 31.9 Å². The van der Waals surface area contributed by atoms with Gasteiger partial charge in [0.25, 0.3) is 5.91 Å². The first-order chi connectivity index (χ1) is 11.7. The molecule has 0 aliphatic heterocycles. The number of hydrogen-bond acceptors (Lipinski definition) is 4. The molecule has 122 valence electrons. The van der Waals surface area contributed by atoms with Gasteiger partial charge < -0.3 is 9.64 Å². The zero-order valence-corrected chi connectivity index (χ0v) is 13.2. The van der Waals surface area contributed by atoms with Crippen molar-refractivity contribution in [3.8, 4) is 6.07 Å². The van der Waals surface area contributed by atoms with E-state index in [1.807, 2.05) is 54.6 Å².